The van der Waals surface area contributed by atoms with E-state index < -0.39 is 11.9 Å². The predicted molar refractivity (Wildman–Crippen MR) is 79.1 cm³/mol. The van der Waals surface area contributed by atoms with Gasteiger partial charge in [-0.1, -0.05) is 32.4 Å². The molecule has 0 aliphatic rings. The molecule has 0 aromatic heterocycles. The number of carboxylic acid groups (broad SMARTS) is 1. The largest absolute Gasteiger partial charge is 0.493 e. The maximum atomic E-state index is 11.1. The molecule has 1 aromatic rings. The van der Waals surface area contributed by atoms with Crippen LogP contribution in [0.4, 0.5) is 0 Å². The third-order valence-corrected chi connectivity index (χ3v) is 3.61. The summed E-state index contributed by atoms with van der Waals surface area (Å²) < 4.78 is 10.7. The van der Waals surface area contributed by atoms with Gasteiger partial charge >= 0.3 is 5.97 Å². The summed E-state index contributed by atoms with van der Waals surface area (Å²) in [6.07, 6.45) is 0.363. The van der Waals surface area contributed by atoms with E-state index in [0.29, 0.717) is 22.9 Å². The Kier molecular flexibility index (Phi) is 5.69. The molecule has 0 saturated heterocycles. The second-order valence-electron chi connectivity index (χ2n) is 5.08. The van der Waals surface area contributed by atoms with Crippen molar-refractivity contribution in [3.05, 3.63) is 22.2 Å². The predicted octanol–water partition coefficient (Wildman–Crippen LogP) is 3.74. The summed E-state index contributed by atoms with van der Waals surface area (Å²) >= 11 is 6.31. The summed E-state index contributed by atoms with van der Waals surface area (Å²) in [6, 6.07) is 1.68. The van der Waals surface area contributed by atoms with Crippen molar-refractivity contribution in [2.75, 3.05) is 14.2 Å². The smallest absolute Gasteiger partial charge is 0.306 e. The minimum Gasteiger partial charge on any atom is -0.493 e. The van der Waals surface area contributed by atoms with E-state index in [-0.39, 0.29) is 5.92 Å². The lowest BCUT2D eigenvalue weighted by Crippen LogP contribution is -2.15. The van der Waals surface area contributed by atoms with Crippen LogP contribution in [0.3, 0.4) is 0 Å². The summed E-state index contributed by atoms with van der Waals surface area (Å²) in [5.41, 5.74) is 1.72. The van der Waals surface area contributed by atoms with Crippen LogP contribution in [0, 0.1) is 5.92 Å². The molecule has 1 aromatic carbocycles. The van der Waals surface area contributed by atoms with E-state index in [9.17, 15) is 4.79 Å². The normalized spacial score (nSPS) is 12.3. The van der Waals surface area contributed by atoms with Crippen LogP contribution >= 0.6 is 11.6 Å². The first-order valence-corrected chi connectivity index (χ1v) is 6.87. The van der Waals surface area contributed by atoms with Gasteiger partial charge in [-0.25, -0.2) is 0 Å². The van der Waals surface area contributed by atoms with Crippen molar-refractivity contribution in [3.63, 3.8) is 0 Å². The average Bonchev–Trinajstić information content (AvgIpc) is 2.39. The van der Waals surface area contributed by atoms with Gasteiger partial charge in [0.15, 0.2) is 11.5 Å². The van der Waals surface area contributed by atoms with Crippen molar-refractivity contribution >= 4 is 17.6 Å². The Bertz CT molecular complexity index is 497. The number of rotatable bonds is 6. The summed E-state index contributed by atoms with van der Waals surface area (Å²) in [5, 5.41) is 9.61. The first-order chi connectivity index (χ1) is 9.33. The molecule has 0 aliphatic heterocycles. The van der Waals surface area contributed by atoms with Gasteiger partial charge in [0.05, 0.1) is 20.1 Å². The molecule has 1 N–H and O–H groups in total. The van der Waals surface area contributed by atoms with Crippen molar-refractivity contribution in [2.45, 2.75) is 33.1 Å². The van der Waals surface area contributed by atoms with Crippen LogP contribution in [0.2, 0.25) is 5.02 Å². The summed E-state index contributed by atoms with van der Waals surface area (Å²) in [7, 11) is 3.12. The third kappa shape index (κ3) is 3.37. The number of aliphatic carboxylic acids is 1. The zero-order valence-corrected chi connectivity index (χ0v) is 13.2. The van der Waals surface area contributed by atoms with Crippen LogP contribution in [0.5, 0.6) is 11.5 Å². The average molecular weight is 301 g/mol. The van der Waals surface area contributed by atoms with Crippen LogP contribution < -0.4 is 9.47 Å². The van der Waals surface area contributed by atoms with Gasteiger partial charge in [-0.3, -0.25) is 4.79 Å². The highest BCUT2D eigenvalue weighted by Crippen LogP contribution is 2.42. The highest BCUT2D eigenvalue weighted by atomic mass is 35.5. The van der Waals surface area contributed by atoms with Crippen molar-refractivity contribution in [1.82, 2.24) is 0 Å². The number of halogens is 1. The Morgan fingerprint density at radius 2 is 1.90 bits per heavy atom. The highest BCUT2D eigenvalue weighted by molar-refractivity contribution is 6.31. The van der Waals surface area contributed by atoms with Gasteiger partial charge in [0, 0.05) is 16.7 Å². The molecule has 0 saturated carbocycles. The molecule has 0 radical (unpaired) electrons. The lowest BCUT2D eigenvalue weighted by atomic mass is 9.90. The van der Waals surface area contributed by atoms with E-state index in [1.165, 1.54) is 0 Å². The quantitative estimate of drug-likeness (QED) is 0.869. The number of carbonyl (C=O) groups is 1. The molecule has 0 bridgehead atoms. The van der Waals surface area contributed by atoms with Gasteiger partial charge in [0.25, 0.3) is 0 Å². The van der Waals surface area contributed by atoms with Gasteiger partial charge in [0.2, 0.25) is 0 Å². The Balaban J connectivity index is 3.45. The van der Waals surface area contributed by atoms with Gasteiger partial charge in [0.1, 0.15) is 0 Å². The summed E-state index contributed by atoms with van der Waals surface area (Å²) in [5.74, 6) is -0.0189. The molecule has 1 unspecified atom stereocenters. The van der Waals surface area contributed by atoms with Crippen molar-refractivity contribution in [2.24, 2.45) is 5.92 Å². The Morgan fingerprint density at radius 3 is 2.30 bits per heavy atom. The molecule has 0 amide bonds. The maximum Gasteiger partial charge on any atom is 0.306 e. The number of carboxylic acids is 1. The summed E-state index contributed by atoms with van der Waals surface area (Å²) in [6.45, 7) is 5.70. The molecule has 5 heteroatoms. The van der Waals surface area contributed by atoms with Gasteiger partial charge in [-0.2, -0.15) is 0 Å². The van der Waals surface area contributed by atoms with Crippen LogP contribution in [0.25, 0.3) is 0 Å². The van der Waals surface area contributed by atoms with E-state index in [1.54, 1.807) is 27.2 Å². The van der Waals surface area contributed by atoms with E-state index in [4.69, 9.17) is 26.2 Å². The minimum absolute atomic E-state index is 0.147. The highest BCUT2D eigenvalue weighted by Gasteiger charge is 2.24. The molecule has 20 heavy (non-hydrogen) atoms. The standard InChI is InChI=1S/C15H21ClO4/c1-8(2)13-10(6-9(3)15(17)18)11(16)7-12(19-4)14(13)20-5/h7-9H,6H2,1-5H3,(H,17,18). The fraction of sp³-hybridized carbons (Fsp3) is 0.533. The Morgan fingerprint density at radius 1 is 1.30 bits per heavy atom. The molecular formula is C15H21ClO4. The molecule has 0 aliphatic carbocycles. The SMILES string of the molecule is COc1cc(Cl)c(CC(C)C(=O)O)c(C(C)C)c1OC. The second-order valence-corrected chi connectivity index (χ2v) is 5.49. The molecule has 0 spiro atoms. The van der Waals surface area contributed by atoms with Crippen LogP contribution in [0.15, 0.2) is 6.07 Å². The molecule has 0 heterocycles. The number of hydrogen-bond donors (Lipinski definition) is 1. The van der Waals surface area contributed by atoms with Crippen LogP contribution in [0.1, 0.15) is 37.8 Å². The first-order valence-electron chi connectivity index (χ1n) is 6.49. The third-order valence-electron chi connectivity index (χ3n) is 3.27. The Hall–Kier alpha value is -1.42. The van der Waals surface area contributed by atoms with Gasteiger partial charge in [-0.05, 0) is 17.9 Å². The number of ether oxygens (including phenoxy) is 2. The first kappa shape index (κ1) is 16.6. The lowest BCUT2D eigenvalue weighted by Gasteiger charge is -2.22. The van der Waals surface area contributed by atoms with E-state index in [2.05, 4.69) is 0 Å². The van der Waals surface area contributed by atoms with E-state index >= 15 is 0 Å². The monoisotopic (exact) mass is 300 g/mol. The number of methoxy groups -OCH3 is 2. The molecule has 1 atom stereocenters. The topological polar surface area (TPSA) is 55.8 Å². The van der Waals surface area contributed by atoms with Gasteiger partial charge < -0.3 is 14.6 Å². The second kappa shape index (κ2) is 6.84. The summed E-state index contributed by atoms with van der Waals surface area (Å²) in [4.78, 5) is 11.1. The zero-order chi connectivity index (χ0) is 15.4. The van der Waals surface area contributed by atoms with Crippen molar-refractivity contribution in [3.8, 4) is 11.5 Å². The molecule has 112 valence electrons. The fourth-order valence-corrected chi connectivity index (χ4v) is 2.52. The molecular weight excluding hydrogens is 280 g/mol. The van der Waals surface area contributed by atoms with Crippen molar-refractivity contribution < 1.29 is 19.4 Å². The zero-order valence-electron chi connectivity index (χ0n) is 12.5. The molecule has 0 fully saturated rings. The minimum atomic E-state index is -0.842. The number of benzene rings is 1. The van der Waals surface area contributed by atoms with Crippen molar-refractivity contribution in [1.29, 1.82) is 0 Å². The number of hydrogen-bond acceptors (Lipinski definition) is 3. The maximum absolute atomic E-state index is 11.1. The van der Waals surface area contributed by atoms with Crippen LogP contribution in [-0.4, -0.2) is 25.3 Å². The van der Waals surface area contributed by atoms with Gasteiger partial charge in [-0.15, -0.1) is 0 Å². The molecule has 1 rings (SSSR count). The fourth-order valence-electron chi connectivity index (χ4n) is 2.24. The van der Waals surface area contributed by atoms with E-state index in [0.717, 1.165) is 11.1 Å². The lowest BCUT2D eigenvalue weighted by molar-refractivity contribution is -0.141. The van der Waals surface area contributed by atoms with E-state index in [1.807, 2.05) is 13.8 Å². The van der Waals surface area contributed by atoms with Crippen LogP contribution in [-0.2, 0) is 11.2 Å². The Labute approximate surface area is 124 Å². The molecule has 4 nitrogen and oxygen atoms in total.